The summed E-state index contributed by atoms with van der Waals surface area (Å²) in [5.41, 5.74) is 5.36. The SMILES string of the molecule is Cc1c(CNc2ccc3c(c2)OC(C)[CH]3)cccc1-n1c(C)nc2cc(C(F)(F)F)ccc21. The van der Waals surface area contributed by atoms with Gasteiger partial charge in [-0.15, -0.1) is 0 Å². The molecule has 1 atom stereocenters. The van der Waals surface area contributed by atoms with Gasteiger partial charge in [0, 0.05) is 30.3 Å². The molecule has 1 aliphatic heterocycles. The van der Waals surface area contributed by atoms with Crippen molar-refractivity contribution in [2.45, 2.75) is 39.6 Å². The molecule has 0 spiro atoms. The third kappa shape index (κ3) is 3.92. The van der Waals surface area contributed by atoms with Gasteiger partial charge in [0.05, 0.1) is 22.3 Å². The van der Waals surface area contributed by atoms with Crippen LogP contribution in [0.5, 0.6) is 5.75 Å². The third-order valence-corrected chi connectivity index (χ3v) is 6.03. The zero-order chi connectivity index (χ0) is 23.3. The van der Waals surface area contributed by atoms with Crippen molar-refractivity contribution in [3.8, 4) is 11.4 Å². The van der Waals surface area contributed by atoms with Gasteiger partial charge in [0.2, 0.25) is 0 Å². The van der Waals surface area contributed by atoms with Gasteiger partial charge < -0.3 is 10.1 Å². The minimum Gasteiger partial charge on any atom is -0.490 e. The van der Waals surface area contributed by atoms with Crippen LogP contribution in [0.15, 0.2) is 54.6 Å². The molecular weight excluding hydrogens is 427 g/mol. The largest absolute Gasteiger partial charge is 0.490 e. The number of benzene rings is 3. The monoisotopic (exact) mass is 450 g/mol. The van der Waals surface area contributed by atoms with Gasteiger partial charge in [-0.3, -0.25) is 4.57 Å². The van der Waals surface area contributed by atoms with Crippen molar-refractivity contribution < 1.29 is 17.9 Å². The highest BCUT2D eigenvalue weighted by Crippen LogP contribution is 2.34. The smallest absolute Gasteiger partial charge is 0.416 e. The van der Waals surface area contributed by atoms with Gasteiger partial charge in [0.25, 0.3) is 0 Å². The van der Waals surface area contributed by atoms with Crippen LogP contribution in [0.4, 0.5) is 18.9 Å². The van der Waals surface area contributed by atoms with Gasteiger partial charge in [-0.2, -0.15) is 13.2 Å². The van der Waals surface area contributed by atoms with Crippen LogP contribution in [0.3, 0.4) is 0 Å². The summed E-state index contributed by atoms with van der Waals surface area (Å²) in [6.07, 6.45) is -2.23. The van der Waals surface area contributed by atoms with Crippen molar-refractivity contribution in [2.75, 3.05) is 5.32 Å². The van der Waals surface area contributed by atoms with Gasteiger partial charge in [-0.1, -0.05) is 18.2 Å². The van der Waals surface area contributed by atoms with Crippen molar-refractivity contribution >= 4 is 16.7 Å². The number of alkyl halides is 3. The average molecular weight is 450 g/mol. The van der Waals surface area contributed by atoms with E-state index in [1.807, 2.05) is 54.8 Å². The minimum absolute atomic E-state index is 0.0784. The van der Waals surface area contributed by atoms with E-state index in [0.717, 1.165) is 45.9 Å². The lowest BCUT2D eigenvalue weighted by Gasteiger charge is -2.16. The van der Waals surface area contributed by atoms with E-state index in [1.165, 1.54) is 6.07 Å². The van der Waals surface area contributed by atoms with Gasteiger partial charge in [-0.05, 0) is 62.2 Å². The first kappa shape index (κ1) is 21.4. The number of fused-ring (bicyclic) bond motifs is 2. The van der Waals surface area contributed by atoms with Gasteiger partial charge in [0.1, 0.15) is 17.7 Å². The van der Waals surface area contributed by atoms with Crippen molar-refractivity contribution in [3.05, 3.63) is 89.1 Å². The number of hydrogen-bond acceptors (Lipinski definition) is 3. The molecule has 7 heteroatoms. The first-order valence-corrected chi connectivity index (χ1v) is 10.8. The Kier molecular flexibility index (Phi) is 5.07. The van der Waals surface area contributed by atoms with Crippen LogP contribution in [0.25, 0.3) is 16.7 Å². The number of rotatable bonds is 4. The molecular formula is C26H23F3N3O. The lowest BCUT2D eigenvalue weighted by Crippen LogP contribution is -2.06. The lowest BCUT2D eigenvalue weighted by atomic mass is 10.1. The van der Waals surface area contributed by atoms with E-state index >= 15 is 0 Å². The van der Waals surface area contributed by atoms with Crippen molar-refractivity contribution in [3.63, 3.8) is 0 Å². The summed E-state index contributed by atoms with van der Waals surface area (Å²) in [5.74, 6) is 1.51. The van der Waals surface area contributed by atoms with Crippen LogP contribution in [-0.4, -0.2) is 15.7 Å². The fourth-order valence-corrected chi connectivity index (χ4v) is 4.35. The Hall–Kier alpha value is -3.48. The van der Waals surface area contributed by atoms with Crippen LogP contribution < -0.4 is 10.1 Å². The van der Waals surface area contributed by atoms with Gasteiger partial charge in [0.15, 0.2) is 0 Å². The molecule has 4 aromatic rings. The molecule has 0 amide bonds. The number of nitrogens with one attached hydrogen (secondary N) is 1. The molecule has 0 aliphatic carbocycles. The average Bonchev–Trinajstić information content (AvgIpc) is 3.29. The molecule has 1 radical (unpaired) electrons. The number of halogens is 3. The lowest BCUT2D eigenvalue weighted by molar-refractivity contribution is -0.137. The number of imidazole rings is 1. The summed E-state index contributed by atoms with van der Waals surface area (Å²) in [5, 5.41) is 3.45. The molecule has 0 bridgehead atoms. The maximum atomic E-state index is 13.1. The predicted octanol–water partition coefficient (Wildman–Crippen LogP) is 6.61. The molecule has 2 heterocycles. The predicted molar refractivity (Wildman–Crippen MR) is 123 cm³/mol. The molecule has 0 saturated carbocycles. The molecule has 0 fully saturated rings. The second-order valence-electron chi connectivity index (χ2n) is 8.35. The van der Waals surface area contributed by atoms with Crippen molar-refractivity contribution in [1.82, 2.24) is 9.55 Å². The number of hydrogen-bond donors (Lipinski definition) is 1. The first-order valence-electron chi connectivity index (χ1n) is 10.8. The highest BCUT2D eigenvalue weighted by atomic mass is 19.4. The van der Waals surface area contributed by atoms with E-state index in [-0.39, 0.29) is 6.10 Å². The Morgan fingerprint density at radius 1 is 1.06 bits per heavy atom. The van der Waals surface area contributed by atoms with E-state index < -0.39 is 11.7 Å². The Labute approximate surface area is 190 Å². The number of aryl methyl sites for hydroxylation is 1. The second kappa shape index (κ2) is 7.83. The van der Waals surface area contributed by atoms with Crippen molar-refractivity contribution in [1.29, 1.82) is 0 Å². The molecule has 1 unspecified atom stereocenters. The summed E-state index contributed by atoms with van der Waals surface area (Å²) in [7, 11) is 0. The molecule has 33 heavy (non-hydrogen) atoms. The normalized spacial score (nSPS) is 15.5. The fraction of sp³-hybridized carbons (Fsp3) is 0.231. The Morgan fingerprint density at radius 2 is 1.88 bits per heavy atom. The zero-order valence-corrected chi connectivity index (χ0v) is 18.5. The summed E-state index contributed by atoms with van der Waals surface area (Å²) >= 11 is 0. The molecule has 1 aliphatic rings. The molecule has 3 aromatic carbocycles. The number of ether oxygens (including phenoxy) is 1. The van der Waals surface area contributed by atoms with Crippen LogP contribution in [0.2, 0.25) is 0 Å². The topological polar surface area (TPSA) is 39.1 Å². The third-order valence-electron chi connectivity index (χ3n) is 6.03. The summed E-state index contributed by atoms with van der Waals surface area (Å²) < 4.78 is 47.1. The Bertz CT molecular complexity index is 1360. The summed E-state index contributed by atoms with van der Waals surface area (Å²) in [6, 6.07) is 15.7. The first-order chi connectivity index (χ1) is 15.7. The van der Waals surface area contributed by atoms with Crippen molar-refractivity contribution in [2.24, 2.45) is 0 Å². The van der Waals surface area contributed by atoms with E-state index in [4.69, 9.17) is 4.74 Å². The fourth-order valence-electron chi connectivity index (χ4n) is 4.35. The van der Waals surface area contributed by atoms with E-state index in [0.29, 0.717) is 23.4 Å². The highest BCUT2D eigenvalue weighted by Gasteiger charge is 2.31. The van der Waals surface area contributed by atoms with Crippen LogP contribution in [-0.2, 0) is 12.7 Å². The number of anilines is 1. The molecule has 4 nitrogen and oxygen atoms in total. The van der Waals surface area contributed by atoms with Crippen LogP contribution in [0, 0.1) is 20.3 Å². The van der Waals surface area contributed by atoms with E-state index in [1.54, 1.807) is 6.92 Å². The van der Waals surface area contributed by atoms with Gasteiger partial charge in [-0.25, -0.2) is 4.98 Å². The zero-order valence-electron chi connectivity index (χ0n) is 18.5. The highest BCUT2D eigenvalue weighted by molar-refractivity contribution is 5.79. The van der Waals surface area contributed by atoms with Gasteiger partial charge >= 0.3 is 6.18 Å². The molecule has 5 rings (SSSR count). The molecule has 169 valence electrons. The number of aromatic nitrogens is 2. The maximum Gasteiger partial charge on any atom is 0.416 e. The molecule has 1 N–H and O–H groups in total. The minimum atomic E-state index is -4.40. The van der Waals surface area contributed by atoms with E-state index in [2.05, 4.69) is 16.7 Å². The van der Waals surface area contributed by atoms with Crippen LogP contribution in [0.1, 0.15) is 35.0 Å². The Morgan fingerprint density at radius 3 is 2.67 bits per heavy atom. The van der Waals surface area contributed by atoms with E-state index in [9.17, 15) is 13.2 Å². The second-order valence-corrected chi connectivity index (χ2v) is 8.35. The molecule has 1 aromatic heterocycles. The Balaban J connectivity index is 1.45. The number of nitrogens with zero attached hydrogens (tertiary/aromatic N) is 2. The van der Waals surface area contributed by atoms with Crippen LogP contribution >= 0.6 is 0 Å². The summed E-state index contributed by atoms with van der Waals surface area (Å²) in [6.45, 7) is 6.43. The standard InChI is InChI=1S/C26H23F3N3O/c1-15-11-18-7-9-21(13-25(18)33-15)30-14-19-5-4-6-23(16(19)2)32-17(3)31-22-12-20(26(27,28)29)8-10-24(22)32/h4-13,15,30H,14H2,1-3H3. The quantitative estimate of drug-likeness (QED) is 0.380. The molecule has 0 saturated heterocycles. The summed E-state index contributed by atoms with van der Waals surface area (Å²) in [4.78, 5) is 4.40. The maximum absolute atomic E-state index is 13.1.